The Kier molecular flexibility index (Phi) is 7.64. The Morgan fingerprint density at radius 3 is 2.35 bits per heavy atom. The molecule has 0 aromatic heterocycles. The summed E-state index contributed by atoms with van der Waals surface area (Å²) in [4.78, 5) is 50.8. The van der Waals surface area contributed by atoms with E-state index >= 15 is 0 Å². The second-order valence-corrected chi connectivity index (χ2v) is 8.34. The first-order valence-electron chi connectivity index (χ1n) is 11.3. The summed E-state index contributed by atoms with van der Waals surface area (Å²) in [5, 5.41) is 5.10. The number of hydrogen-bond acceptors (Lipinski definition) is 6. The van der Waals surface area contributed by atoms with Gasteiger partial charge in [-0.2, -0.15) is 0 Å². The predicted molar refractivity (Wildman–Crippen MR) is 137 cm³/mol. The number of halogens is 2. The number of carbonyl (C=O) groups excluding carboxylic acids is 4. The second-order valence-electron chi connectivity index (χ2n) is 7.96. The molecule has 0 atom stereocenters. The Hall–Kier alpha value is -4.50. The van der Waals surface area contributed by atoms with Gasteiger partial charge in [-0.1, -0.05) is 36.7 Å². The highest BCUT2D eigenvalue weighted by molar-refractivity contribution is 6.53. The van der Waals surface area contributed by atoms with Gasteiger partial charge >= 0.3 is 5.97 Å². The molecule has 0 aliphatic carbocycles. The van der Waals surface area contributed by atoms with Gasteiger partial charge < -0.3 is 15.4 Å². The van der Waals surface area contributed by atoms with Gasteiger partial charge in [0.1, 0.15) is 16.5 Å². The average molecular weight is 522 g/mol. The van der Waals surface area contributed by atoms with Gasteiger partial charge in [0.15, 0.2) is 0 Å². The summed E-state index contributed by atoms with van der Waals surface area (Å²) in [7, 11) is 0. The fraction of sp³-hybridized carbons (Fsp3) is 0.111. The van der Waals surface area contributed by atoms with E-state index in [4.69, 9.17) is 16.3 Å². The topological polar surface area (TPSA) is 105 Å². The predicted octanol–water partition coefficient (Wildman–Crippen LogP) is 5.08. The zero-order chi connectivity index (χ0) is 26.5. The van der Waals surface area contributed by atoms with Crippen LogP contribution in [0.2, 0.25) is 0 Å². The molecule has 0 unspecified atom stereocenters. The van der Waals surface area contributed by atoms with Gasteiger partial charge in [0.25, 0.3) is 17.7 Å². The fourth-order valence-electron chi connectivity index (χ4n) is 3.52. The van der Waals surface area contributed by atoms with Crippen molar-refractivity contribution in [3.63, 3.8) is 0 Å². The molecule has 1 aliphatic heterocycles. The average Bonchev–Trinajstić information content (AvgIpc) is 3.11. The van der Waals surface area contributed by atoms with Crippen LogP contribution in [0.1, 0.15) is 34.1 Å². The number of carbonyl (C=O) groups is 4. The van der Waals surface area contributed by atoms with Crippen molar-refractivity contribution in [1.82, 2.24) is 0 Å². The maximum Gasteiger partial charge on any atom is 0.338 e. The molecule has 0 bridgehead atoms. The number of imide groups is 1. The molecule has 0 spiro atoms. The first-order valence-corrected chi connectivity index (χ1v) is 11.7. The highest BCUT2D eigenvalue weighted by atomic mass is 35.5. The molecule has 37 heavy (non-hydrogen) atoms. The van der Waals surface area contributed by atoms with Crippen molar-refractivity contribution < 1.29 is 28.3 Å². The van der Waals surface area contributed by atoms with E-state index in [0.717, 1.165) is 6.07 Å². The van der Waals surface area contributed by atoms with Crippen LogP contribution in [0, 0.1) is 5.82 Å². The van der Waals surface area contributed by atoms with Crippen LogP contribution >= 0.6 is 11.6 Å². The third kappa shape index (κ3) is 5.52. The summed E-state index contributed by atoms with van der Waals surface area (Å²) in [5.41, 5.74) is 0.990. The highest BCUT2D eigenvalue weighted by Crippen LogP contribution is 2.31. The first kappa shape index (κ1) is 25.6. The molecule has 1 aliphatic rings. The van der Waals surface area contributed by atoms with Gasteiger partial charge in [0.2, 0.25) is 0 Å². The zero-order valence-corrected chi connectivity index (χ0v) is 20.3. The van der Waals surface area contributed by atoms with E-state index in [9.17, 15) is 23.6 Å². The van der Waals surface area contributed by atoms with Gasteiger partial charge in [0, 0.05) is 16.9 Å². The molecule has 0 radical (unpaired) electrons. The van der Waals surface area contributed by atoms with E-state index in [-0.39, 0.29) is 16.4 Å². The zero-order valence-electron chi connectivity index (χ0n) is 19.6. The summed E-state index contributed by atoms with van der Waals surface area (Å²) in [6.45, 7) is 2.20. The third-order valence-corrected chi connectivity index (χ3v) is 5.68. The lowest BCUT2D eigenvalue weighted by Crippen LogP contribution is -2.33. The number of nitrogens with one attached hydrogen (secondary N) is 2. The number of esters is 1. The Morgan fingerprint density at radius 1 is 0.919 bits per heavy atom. The van der Waals surface area contributed by atoms with E-state index in [0.29, 0.717) is 40.4 Å². The Morgan fingerprint density at radius 2 is 1.65 bits per heavy atom. The fourth-order valence-corrected chi connectivity index (χ4v) is 3.73. The van der Waals surface area contributed by atoms with Crippen LogP contribution < -0.4 is 15.5 Å². The Bertz CT molecular complexity index is 1420. The smallest absolute Gasteiger partial charge is 0.338 e. The molecule has 4 rings (SSSR count). The first-order chi connectivity index (χ1) is 17.8. The molecular formula is C27H21ClFN3O5. The summed E-state index contributed by atoms with van der Waals surface area (Å²) in [5.74, 6) is -3.31. The van der Waals surface area contributed by atoms with Crippen molar-refractivity contribution in [2.45, 2.75) is 13.3 Å². The second kappa shape index (κ2) is 11.0. The van der Waals surface area contributed by atoms with Crippen LogP contribution in [0.4, 0.5) is 21.5 Å². The Balaban J connectivity index is 1.44. The van der Waals surface area contributed by atoms with Crippen molar-refractivity contribution in [1.29, 1.82) is 0 Å². The van der Waals surface area contributed by atoms with Crippen molar-refractivity contribution in [3.8, 4) is 0 Å². The molecule has 2 N–H and O–H groups in total. The number of benzene rings is 3. The molecule has 1 heterocycles. The molecular weight excluding hydrogens is 501 g/mol. The molecule has 0 fully saturated rings. The van der Waals surface area contributed by atoms with E-state index in [1.807, 2.05) is 6.92 Å². The van der Waals surface area contributed by atoms with Gasteiger partial charge in [-0.25, -0.2) is 14.1 Å². The number of rotatable bonds is 8. The van der Waals surface area contributed by atoms with Crippen LogP contribution in [-0.2, 0) is 14.3 Å². The third-order valence-electron chi connectivity index (χ3n) is 5.33. The van der Waals surface area contributed by atoms with Crippen molar-refractivity contribution in [2.24, 2.45) is 0 Å². The lowest BCUT2D eigenvalue weighted by atomic mass is 10.1. The minimum Gasteiger partial charge on any atom is -0.462 e. The molecule has 3 aromatic carbocycles. The van der Waals surface area contributed by atoms with Gasteiger partial charge in [-0.15, -0.1) is 0 Å². The lowest BCUT2D eigenvalue weighted by Gasteiger charge is -2.15. The normalized spacial score (nSPS) is 13.1. The molecule has 0 saturated heterocycles. The van der Waals surface area contributed by atoms with Gasteiger partial charge in [-0.3, -0.25) is 14.4 Å². The van der Waals surface area contributed by atoms with E-state index in [2.05, 4.69) is 10.6 Å². The van der Waals surface area contributed by atoms with E-state index in [1.54, 1.807) is 18.2 Å². The number of hydrogen-bond donors (Lipinski definition) is 2. The molecule has 8 nitrogen and oxygen atoms in total. The summed E-state index contributed by atoms with van der Waals surface area (Å²) < 4.78 is 19.3. The molecule has 188 valence electrons. The van der Waals surface area contributed by atoms with Crippen molar-refractivity contribution in [2.75, 3.05) is 22.1 Å². The summed E-state index contributed by atoms with van der Waals surface area (Å²) in [6.07, 6.45) is 0.699. The number of para-hydroxylation sites is 1. The molecule has 0 saturated carbocycles. The maximum atomic E-state index is 14.2. The monoisotopic (exact) mass is 521 g/mol. The minimum absolute atomic E-state index is 0.206. The quantitative estimate of drug-likeness (QED) is 0.316. The summed E-state index contributed by atoms with van der Waals surface area (Å²) in [6, 6.07) is 17.8. The number of anilines is 3. The highest BCUT2D eigenvalue weighted by Gasteiger charge is 2.40. The molecule has 3 amide bonds. The standard InChI is InChI=1S/C27H21ClFN3O5/c1-2-14-37-27(36)17-6-5-7-19(15-17)31-24(33)16-10-12-18(13-11-16)30-23-22(28)25(34)32(26(23)35)21-9-4-3-8-20(21)29/h3-13,15,30H,2,14H2,1H3,(H,31,33). The lowest BCUT2D eigenvalue weighted by molar-refractivity contribution is -0.120. The summed E-state index contributed by atoms with van der Waals surface area (Å²) >= 11 is 6.09. The van der Waals surface area contributed by atoms with Crippen LogP contribution in [-0.4, -0.2) is 30.3 Å². The molecule has 10 heteroatoms. The van der Waals surface area contributed by atoms with Crippen LogP contribution in [0.25, 0.3) is 0 Å². The van der Waals surface area contributed by atoms with Crippen LogP contribution in [0.5, 0.6) is 0 Å². The van der Waals surface area contributed by atoms with Gasteiger partial charge in [-0.05, 0) is 61.0 Å². The van der Waals surface area contributed by atoms with E-state index < -0.39 is 29.5 Å². The Labute approximate surface area is 216 Å². The number of ether oxygens (including phenoxy) is 1. The SMILES string of the molecule is CCCOC(=O)c1cccc(NC(=O)c2ccc(NC3=C(Cl)C(=O)N(c4ccccc4F)C3=O)cc2)c1. The van der Waals surface area contributed by atoms with E-state index in [1.165, 1.54) is 48.5 Å². The van der Waals surface area contributed by atoms with Crippen LogP contribution in [0.3, 0.4) is 0 Å². The van der Waals surface area contributed by atoms with Crippen molar-refractivity contribution >= 4 is 52.4 Å². The number of amides is 3. The minimum atomic E-state index is -0.851. The van der Waals surface area contributed by atoms with Crippen LogP contribution in [0.15, 0.2) is 83.5 Å². The van der Waals surface area contributed by atoms with Gasteiger partial charge in [0.05, 0.1) is 17.9 Å². The maximum absolute atomic E-state index is 14.2. The largest absolute Gasteiger partial charge is 0.462 e. The van der Waals surface area contributed by atoms with Crippen molar-refractivity contribution in [3.05, 3.63) is 100 Å². The molecule has 3 aromatic rings. The number of nitrogens with zero attached hydrogens (tertiary/aromatic N) is 1.